The number of anilines is 1. The van der Waals surface area contributed by atoms with Crippen molar-refractivity contribution in [2.45, 2.75) is 51.9 Å². The van der Waals surface area contributed by atoms with Crippen LogP contribution in [0.3, 0.4) is 0 Å². The molecule has 0 spiro atoms. The number of hydrogen-bond donors (Lipinski definition) is 0. The zero-order chi connectivity index (χ0) is 21.5. The van der Waals surface area contributed by atoms with Gasteiger partial charge in [0.15, 0.2) is 6.61 Å². The second kappa shape index (κ2) is 10.5. The van der Waals surface area contributed by atoms with Crippen LogP contribution >= 0.6 is 11.3 Å². The van der Waals surface area contributed by atoms with E-state index in [0.717, 1.165) is 52.8 Å². The summed E-state index contributed by atoms with van der Waals surface area (Å²) in [6.45, 7) is 3.09. The molecule has 1 aromatic carbocycles. The molecule has 162 valence electrons. The molecule has 31 heavy (non-hydrogen) atoms. The van der Waals surface area contributed by atoms with Gasteiger partial charge >= 0.3 is 0 Å². The number of pyridine rings is 1. The Morgan fingerprint density at radius 2 is 1.87 bits per heavy atom. The van der Waals surface area contributed by atoms with Crippen molar-refractivity contribution in [3.8, 4) is 27.7 Å². The summed E-state index contributed by atoms with van der Waals surface area (Å²) in [6, 6.07) is 11.8. The van der Waals surface area contributed by atoms with Gasteiger partial charge in [-0.3, -0.25) is 9.78 Å². The number of fused-ring (bicyclic) bond motifs is 1. The summed E-state index contributed by atoms with van der Waals surface area (Å²) in [5.41, 5.74) is 3.60. The Morgan fingerprint density at radius 3 is 2.68 bits per heavy atom. The van der Waals surface area contributed by atoms with Crippen molar-refractivity contribution in [2.75, 3.05) is 18.1 Å². The maximum absolute atomic E-state index is 12.6. The van der Waals surface area contributed by atoms with E-state index in [-0.39, 0.29) is 12.5 Å². The molecule has 3 heterocycles. The summed E-state index contributed by atoms with van der Waals surface area (Å²) in [6.07, 6.45) is 10.4. The number of ether oxygens (including phenoxy) is 1. The van der Waals surface area contributed by atoms with E-state index in [1.807, 2.05) is 46.7 Å². The smallest absolute Gasteiger partial charge is 0.265 e. The van der Waals surface area contributed by atoms with E-state index in [1.54, 1.807) is 17.5 Å². The van der Waals surface area contributed by atoms with Crippen LogP contribution in [0.5, 0.6) is 5.75 Å². The number of hydrogen-bond acceptors (Lipinski definition) is 5. The van der Waals surface area contributed by atoms with Gasteiger partial charge in [0.2, 0.25) is 0 Å². The quantitative estimate of drug-likeness (QED) is 0.348. The number of aromatic nitrogens is 2. The van der Waals surface area contributed by atoms with Crippen LogP contribution in [0, 0.1) is 0 Å². The van der Waals surface area contributed by atoms with Gasteiger partial charge in [0.1, 0.15) is 10.8 Å². The van der Waals surface area contributed by atoms with Crippen molar-refractivity contribution in [2.24, 2.45) is 0 Å². The first kappa shape index (κ1) is 21.5. The summed E-state index contributed by atoms with van der Waals surface area (Å²) in [4.78, 5) is 23.6. The highest BCUT2D eigenvalue weighted by molar-refractivity contribution is 7.13. The number of carbonyl (C=O) groups is 1. The predicted octanol–water partition coefficient (Wildman–Crippen LogP) is 6.35. The molecule has 0 radical (unpaired) electrons. The summed E-state index contributed by atoms with van der Waals surface area (Å²) in [5.74, 6) is 0.801. The van der Waals surface area contributed by atoms with Crippen LogP contribution in [-0.2, 0) is 4.79 Å². The average Bonchev–Trinajstić information content (AvgIpc) is 3.30. The standard InChI is InChI=1S/C25H29N3O2S/c1-2-3-4-5-6-7-10-15-28-22-16-19(12-13-23(22)30-17-24(28)29)21-18-31-25(27-21)20-11-8-9-14-26-20/h8-9,11-14,16,18H,2-7,10,15,17H2,1H3. The Morgan fingerprint density at radius 1 is 1.03 bits per heavy atom. The number of carbonyl (C=O) groups excluding carboxylic acids is 1. The van der Waals surface area contributed by atoms with Gasteiger partial charge in [-0.15, -0.1) is 11.3 Å². The molecule has 0 saturated heterocycles. The maximum atomic E-state index is 12.6. The van der Waals surface area contributed by atoms with Crippen LogP contribution < -0.4 is 9.64 Å². The highest BCUT2D eigenvalue weighted by Crippen LogP contribution is 2.37. The van der Waals surface area contributed by atoms with Gasteiger partial charge in [0.05, 0.1) is 17.1 Å². The number of benzene rings is 1. The molecule has 1 aliphatic heterocycles. The molecule has 3 aromatic rings. The molecule has 0 fully saturated rings. The number of thiazole rings is 1. The average molecular weight is 436 g/mol. The molecule has 0 unspecified atom stereocenters. The van der Waals surface area contributed by atoms with Crippen LogP contribution in [0.4, 0.5) is 5.69 Å². The second-order valence-corrected chi connectivity index (χ2v) is 8.75. The minimum absolute atomic E-state index is 0.0306. The van der Waals surface area contributed by atoms with E-state index >= 15 is 0 Å². The molecule has 1 aliphatic rings. The van der Waals surface area contributed by atoms with Gasteiger partial charge < -0.3 is 9.64 Å². The molecule has 0 aliphatic carbocycles. The second-order valence-electron chi connectivity index (χ2n) is 7.89. The van der Waals surface area contributed by atoms with E-state index in [9.17, 15) is 4.79 Å². The summed E-state index contributed by atoms with van der Waals surface area (Å²) in [5, 5.41) is 2.93. The Hall–Kier alpha value is -2.73. The van der Waals surface area contributed by atoms with Crippen LogP contribution in [0.1, 0.15) is 51.9 Å². The SMILES string of the molecule is CCCCCCCCCN1C(=O)COc2ccc(-c3csc(-c4ccccn4)n3)cc21. The summed E-state index contributed by atoms with van der Waals surface area (Å²) < 4.78 is 5.68. The van der Waals surface area contributed by atoms with E-state index in [1.165, 1.54) is 32.1 Å². The minimum atomic E-state index is 0.0306. The zero-order valence-electron chi connectivity index (χ0n) is 18.0. The lowest BCUT2D eigenvalue weighted by Crippen LogP contribution is -2.39. The molecular weight excluding hydrogens is 406 g/mol. The van der Waals surface area contributed by atoms with E-state index in [2.05, 4.69) is 11.9 Å². The van der Waals surface area contributed by atoms with Crippen LogP contribution in [-0.4, -0.2) is 29.0 Å². The van der Waals surface area contributed by atoms with Crippen molar-refractivity contribution in [3.05, 3.63) is 48.0 Å². The normalized spacial score (nSPS) is 13.2. The molecule has 6 heteroatoms. The Bertz CT molecular complexity index is 1000. The number of rotatable bonds is 10. The van der Waals surface area contributed by atoms with Crippen molar-refractivity contribution < 1.29 is 9.53 Å². The first-order valence-corrected chi connectivity index (χ1v) is 12.1. The van der Waals surface area contributed by atoms with Crippen molar-refractivity contribution >= 4 is 22.9 Å². The molecular formula is C25H29N3O2S. The highest BCUT2D eigenvalue weighted by atomic mass is 32.1. The highest BCUT2D eigenvalue weighted by Gasteiger charge is 2.25. The topological polar surface area (TPSA) is 55.3 Å². The third kappa shape index (κ3) is 5.31. The molecule has 0 N–H and O–H groups in total. The van der Waals surface area contributed by atoms with Gasteiger partial charge in [-0.05, 0) is 36.8 Å². The van der Waals surface area contributed by atoms with Crippen molar-refractivity contribution in [1.82, 2.24) is 9.97 Å². The molecule has 0 atom stereocenters. The summed E-state index contributed by atoms with van der Waals surface area (Å²) in [7, 11) is 0. The Kier molecular flexibility index (Phi) is 7.30. The van der Waals surface area contributed by atoms with Crippen molar-refractivity contribution in [1.29, 1.82) is 0 Å². The number of unbranched alkanes of at least 4 members (excludes halogenated alkanes) is 6. The van der Waals surface area contributed by atoms with Gasteiger partial charge in [-0.25, -0.2) is 4.98 Å². The van der Waals surface area contributed by atoms with Crippen molar-refractivity contribution in [3.63, 3.8) is 0 Å². The Labute approximate surface area is 188 Å². The molecule has 1 amide bonds. The lowest BCUT2D eigenvalue weighted by atomic mass is 10.1. The zero-order valence-corrected chi connectivity index (χ0v) is 18.9. The van der Waals surface area contributed by atoms with Crippen LogP contribution in [0.2, 0.25) is 0 Å². The largest absolute Gasteiger partial charge is 0.482 e. The van der Waals surface area contributed by atoms with Crippen LogP contribution in [0.25, 0.3) is 22.0 Å². The number of amides is 1. The van der Waals surface area contributed by atoms with Gasteiger partial charge in [-0.1, -0.05) is 51.5 Å². The predicted molar refractivity (Wildman–Crippen MR) is 127 cm³/mol. The fraction of sp³-hybridized carbons (Fsp3) is 0.400. The lowest BCUT2D eigenvalue weighted by molar-refractivity contribution is -0.121. The van der Waals surface area contributed by atoms with E-state index in [4.69, 9.17) is 9.72 Å². The molecule has 0 saturated carbocycles. The molecule has 4 rings (SSSR count). The lowest BCUT2D eigenvalue weighted by Gasteiger charge is -2.29. The maximum Gasteiger partial charge on any atom is 0.265 e. The third-order valence-corrected chi connectivity index (χ3v) is 6.44. The van der Waals surface area contributed by atoms with Gasteiger partial charge in [0.25, 0.3) is 5.91 Å². The van der Waals surface area contributed by atoms with Gasteiger partial charge in [0, 0.05) is 23.7 Å². The fourth-order valence-corrected chi connectivity index (χ4v) is 4.65. The molecule has 2 aromatic heterocycles. The van der Waals surface area contributed by atoms with Crippen LogP contribution in [0.15, 0.2) is 48.0 Å². The first-order chi connectivity index (χ1) is 15.3. The Balaban J connectivity index is 1.46. The first-order valence-electron chi connectivity index (χ1n) is 11.2. The fourth-order valence-electron chi connectivity index (χ4n) is 3.85. The number of nitrogens with zero attached hydrogens (tertiary/aromatic N) is 3. The van der Waals surface area contributed by atoms with E-state index in [0.29, 0.717) is 0 Å². The monoisotopic (exact) mass is 435 g/mol. The van der Waals surface area contributed by atoms with E-state index < -0.39 is 0 Å². The third-order valence-electron chi connectivity index (χ3n) is 5.57. The molecule has 0 bridgehead atoms. The minimum Gasteiger partial charge on any atom is -0.482 e. The van der Waals surface area contributed by atoms with Gasteiger partial charge in [-0.2, -0.15) is 0 Å². The molecule has 5 nitrogen and oxygen atoms in total. The summed E-state index contributed by atoms with van der Waals surface area (Å²) >= 11 is 1.58.